The van der Waals surface area contributed by atoms with Crippen LogP contribution in [-0.2, 0) is 9.47 Å². The van der Waals surface area contributed by atoms with Crippen LogP contribution in [0.3, 0.4) is 0 Å². The summed E-state index contributed by atoms with van der Waals surface area (Å²) in [5.41, 5.74) is 0.187. The van der Waals surface area contributed by atoms with Crippen molar-refractivity contribution in [1.82, 2.24) is 0 Å². The Morgan fingerprint density at radius 2 is 1.87 bits per heavy atom. The molecule has 1 N–H and O–H groups in total. The third-order valence-electron chi connectivity index (χ3n) is 5.07. The Balaban J connectivity index is 1.84. The largest absolute Gasteiger partial charge is 0.393 e. The number of aliphatic hydroxyl groups is 1. The van der Waals surface area contributed by atoms with Gasteiger partial charge in [-0.15, -0.1) is 0 Å². The summed E-state index contributed by atoms with van der Waals surface area (Å²) in [5, 5.41) is 9.90. The molecule has 15 heavy (non-hydrogen) atoms. The van der Waals surface area contributed by atoms with Gasteiger partial charge < -0.3 is 14.6 Å². The van der Waals surface area contributed by atoms with Gasteiger partial charge in [-0.1, -0.05) is 12.2 Å². The Morgan fingerprint density at radius 1 is 1.07 bits per heavy atom. The maximum atomic E-state index is 9.90. The van der Waals surface area contributed by atoms with E-state index >= 15 is 0 Å². The zero-order valence-electron chi connectivity index (χ0n) is 8.74. The van der Waals surface area contributed by atoms with Crippen LogP contribution in [0.25, 0.3) is 0 Å². The lowest BCUT2D eigenvalue weighted by Crippen LogP contribution is -2.52. The van der Waals surface area contributed by atoms with Crippen LogP contribution in [0.2, 0.25) is 0 Å². The minimum atomic E-state index is -0.390. The van der Waals surface area contributed by atoms with Gasteiger partial charge in [-0.2, -0.15) is 0 Å². The Kier molecular flexibility index (Phi) is 1.35. The van der Waals surface area contributed by atoms with Gasteiger partial charge in [0.1, 0.15) is 0 Å². The van der Waals surface area contributed by atoms with Crippen LogP contribution >= 0.6 is 0 Å². The Labute approximate surface area is 89.1 Å². The van der Waals surface area contributed by atoms with E-state index in [1.807, 2.05) is 0 Å². The molecule has 3 fully saturated rings. The molecule has 82 valence electrons. The standard InChI is InChI=1S/C12H16O3/c13-9-7-10-1-3-11(10,8-9)12(4-2-10)14-5-6-15-12/h1,3,9,13H,2,4-8H2. The van der Waals surface area contributed by atoms with Gasteiger partial charge in [0.05, 0.1) is 24.7 Å². The second kappa shape index (κ2) is 2.31. The van der Waals surface area contributed by atoms with Gasteiger partial charge in [0, 0.05) is 11.8 Å². The number of aliphatic hydroxyl groups excluding tert-OH is 1. The van der Waals surface area contributed by atoms with E-state index in [-0.39, 0.29) is 22.7 Å². The van der Waals surface area contributed by atoms with Crippen molar-refractivity contribution in [2.75, 3.05) is 13.2 Å². The average molecular weight is 208 g/mol. The normalized spacial score (nSPS) is 54.3. The first-order valence-corrected chi connectivity index (χ1v) is 5.89. The van der Waals surface area contributed by atoms with Crippen LogP contribution in [0.15, 0.2) is 12.2 Å². The van der Waals surface area contributed by atoms with Crippen molar-refractivity contribution in [3.05, 3.63) is 12.2 Å². The van der Waals surface area contributed by atoms with Gasteiger partial charge in [0.2, 0.25) is 0 Å². The van der Waals surface area contributed by atoms with Crippen LogP contribution in [0, 0.1) is 10.8 Å². The lowest BCUT2D eigenvalue weighted by atomic mass is 9.58. The first-order chi connectivity index (χ1) is 7.22. The van der Waals surface area contributed by atoms with E-state index < -0.39 is 0 Å². The monoisotopic (exact) mass is 208 g/mol. The third-order valence-corrected chi connectivity index (χ3v) is 5.07. The van der Waals surface area contributed by atoms with Crippen LogP contribution in [0.5, 0.6) is 0 Å². The molecule has 3 unspecified atom stereocenters. The fourth-order valence-electron chi connectivity index (χ4n) is 4.44. The Bertz CT molecular complexity index is 345. The molecular weight excluding hydrogens is 192 g/mol. The van der Waals surface area contributed by atoms with Crippen molar-refractivity contribution in [3.63, 3.8) is 0 Å². The maximum Gasteiger partial charge on any atom is 0.178 e. The van der Waals surface area contributed by atoms with Crippen molar-refractivity contribution >= 4 is 0 Å². The van der Waals surface area contributed by atoms with E-state index in [4.69, 9.17) is 9.47 Å². The summed E-state index contributed by atoms with van der Waals surface area (Å²) < 4.78 is 11.8. The van der Waals surface area contributed by atoms with Crippen LogP contribution in [0.1, 0.15) is 25.7 Å². The molecule has 0 amide bonds. The molecule has 3 aliphatic carbocycles. The maximum absolute atomic E-state index is 9.90. The van der Waals surface area contributed by atoms with Crippen LogP contribution < -0.4 is 0 Å². The third kappa shape index (κ3) is 0.718. The molecule has 4 aliphatic rings. The summed E-state index contributed by atoms with van der Waals surface area (Å²) in [7, 11) is 0. The van der Waals surface area contributed by atoms with Crippen molar-refractivity contribution in [2.24, 2.45) is 10.8 Å². The Morgan fingerprint density at radius 3 is 2.53 bits per heavy atom. The second-order valence-electron chi connectivity index (χ2n) is 5.47. The number of allylic oxidation sites excluding steroid dienone is 1. The van der Waals surface area contributed by atoms with E-state index in [0.717, 1.165) is 25.7 Å². The summed E-state index contributed by atoms with van der Waals surface area (Å²) in [4.78, 5) is 0. The Hall–Kier alpha value is -0.380. The lowest BCUT2D eigenvalue weighted by molar-refractivity contribution is -0.222. The predicted octanol–water partition coefficient (Wildman–Crippen LogP) is 1.22. The van der Waals surface area contributed by atoms with Gasteiger partial charge in [-0.25, -0.2) is 0 Å². The number of rotatable bonds is 0. The SMILES string of the molecule is OC1CC23C=CC2(C1)C1(CC3)OCCO1. The fourth-order valence-corrected chi connectivity index (χ4v) is 4.44. The van der Waals surface area contributed by atoms with Crippen LogP contribution in [0.4, 0.5) is 0 Å². The molecule has 0 bridgehead atoms. The van der Waals surface area contributed by atoms with Crippen molar-refractivity contribution < 1.29 is 14.6 Å². The molecule has 0 radical (unpaired) electrons. The van der Waals surface area contributed by atoms with E-state index in [1.54, 1.807) is 0 Å². The second-order valence-corrected chi connectivity index (χ2v) is 5.47. The molecule has 3 heteroatoms. The molecule has 1 spiro atoms. The van der Waals surface area contributed by atoms with Gasteiger partial charge in [-0.3, -0.25) is 0 Å². The summed E-state index contributed by atoms with van der Waals surface area (Å²) in [6, 6.07) is 0. The zero-order chi connectivity index (χ0) is 10.1. The highest BCUT2D eigenvalue weighted by molar-refractivity contribution is 5.38. The van der Waals surface area contributed by atoms with Gasteiger partial charge in [0.25, 0.3) is 0 Å². The molecule has 1 heterocycles. The summed E-state index contributed by atoms with van der Waals surface area (Å²) in [6.07, 6.45) is 8.17. The predicted molar refractivity (Wildman–Crippen MR) is 53.1 cm³/mol. The summed E-state index contributed by atoms with van der Waals surface area (Å²) in [5.74, 6) is -0.390. The quantitative estimate of drug-likeness (QED) is 0.608. The lowest BCUT2D eigenvalue weighted by Gasteiger charge is -2.50. The molecular formula is C12H16O3. The first kappa shape index (κ1) is 8.74. The fraction of sp³-hybridized carbons (Fsp3) is 0.833. The summed E-state index contributed by atoms with van der Waals surface area (Å²) in [6.45, 7) is 1.42. The van der Waals surface area contributed by atoms with E-state index in [1.165, 1.54) is 0 Å². The molecule has 3 nitrogen and oxygen atoms in total. The molecule has 2 saturated carbocycles. The molecule has 3 atom stereocenters. The van der Waals surface area contributed by atoms with E-state index in [0.29, 0.717) is 13.2 Å². The van der Waals surface area contributed by atoms with Gasteiger partial charge in [-0.05, 0) is 19.3 Å². The van der Waals surface area contributed by atoms with E-state index in [9.17, 15) is 5.11 Å². The molecule has 0 aromatic carbocycles. The highest BCUT2D eigenvalue weighted by Crippen LogP contribution is 2.74. The summed E-state index contributed by atoms with van der Waals surface area (Å²) >= 11 is 0. The molecule has 1 aliphatic heterocycles. The zero-order valence-corrected chi connectivity index (χ0v) is 8.74. The molecule has 0 aromatic rings. The highest BCUT2D eigenvalue weighted by Gasteiger charge is 2.75. The molecule has 1 saturated heterocycles. The van der Waals surface area contributed by atoms with Gasteiger partial charge >= 0.3 is 0 Å². The number of ether oxygens (including phenoxy) is 2. The molecule has 4 rings (SSSR count). The van der Waals surface area contributed by atoms with Gasteiger partial charge in [0.15, 0.2) is 5.79 Å². The molecule has 0 aromatic heterocycles. The van der Waals surface area contributed by atoms with Crippen LogP contribution in [-0.4, -0.2) is 30.2 Å². The topological polar surface area (TPSA) is 38.7 Å². The highest BCUT2D eigenvalue weighted by atomic mass is 16.7. The van der Waals surface area contributed by atoms with Crippen molar-refractivity contribution in [1.29, 1.82) is 0 Å². The smallest absolute Gasteiger partial charge is 0.178 e. The van der Waals surface area contributed by atoms with E-state index in [2.05, 4.69) is 12.2 Å². The minimum Gasteiger partial charge on any atom is -0.393 e. The van der Waals surface area contributed by atoms with Crippen molar-refractivity contribution in [3.8, 4) is 0 Å². The van der Waals surface area contributed by atoms with Crippen molar-refractivity contribution in [2.45, 2.75) is 37.6 Å². The number of hydrogen-bond donors (Lipinski definition) is 1. The number of hydrogen-bond acceptors (Lipinski definition) is 3. The first-order valence-electron chi connectivity index (χ1n) is 5.89. The minimum absolute atomic E-state index is 0.00405. The average Bonchev–Trinajstić information content (AvgIpc) is 2.76.